The first kappa shape index (κ1) is 17.6. The van der Waals surface area contributed by atoms with Crippen LogP contribution in [0.5, 0.6) is 0 Å². The lowest BCUT2D eigenvalue weighted by molar-refractivity contribution is -0.114. The van der Waals surface area contributed by atoms with Crippen LogP contribution in [0, 0.1) is 6.92 Å². The molecule has 0 spiro atoms. The summed E-state index contributed by atoms with van der Waals surface area (Å²) in [6, 6.07) is 14.7. The van der Waals surface area contributed by atoms with Crippen molar-refractivity contribution in [3.8, 4) is 0 Å². The van der Waals surface area contributed by atoms with Crippen molar-refractivity contribution in [1.82, 2.24) is 4.31 Å². The third kappa shape index (κ3) is 4.08. The van der Waals surface area contributed by atoms with Crippen LogP contribution in [0.1, 0.15) is 30.9 Å². The van der Waals surface area contributed by atoms with Crippen molar-refractivity contribution < 1.29 is 13.2 Å². The SMILES string of the molecule is CC(=O)Nc1ccc(C)c(S(=O)(=O)N(Cc2ccccc2)C2CC2)c1. The van der Waals surface area contributed by atoms with Crippen LogP contribution < -0.4 is 5.32 Å². The van der Waals surface area contributed by atoms with E-state index in [-0.39, 0.29) is 16.8 Å². The highest BCUT2D eigenvalue weighted by Crippen LogP contribution is 2.35. The number of aryl methyl sites for hydroxylation is 1. The largest absolute Gasteiger partial charge is 0.326 e. The number of carbonyl (C=O) groups excluding carboxylic acids is 1. The number of anilines is 1. The van der Waals surface area contributed by atoms with Gasteiger partial charge in [-0.2, -0.15) is 4.31 Å². The second-order valence-corrected chi connectivity index (χ2v) is 8.29. The van der Waals surface area contributed by atoms with E-state index in [1.807, 2.05) is 30.3 Å². The van der Waals surface area contributed by atoms with Gasteiger partial charge in [0.25, 0.3) is 0 Å². The average Bonchev–Trinajstić information content (AvgIpc) is 3.39. The number of benzene rings is 2. The zero-order valence-electron chi connectivity index (χ0n) is 14.4. The molecule has 1 N–H and O–H groups in total. The molecule has 0 aromatic heterocycles. The van der Waals surface area contributed by atoms with Crippen LogP contribution >= 0.6 is 0 Å². The smallest absolute Gasteiger partial charge is 0.243 e. The summed E-state index contributed by atoms with van der Waals surface area (Å²) < 4.78 is 28.2. The van der Waals surface area contributed by atoms with Crippen molar-refractivity contribution in [1.29, 1.82) is 0 Å². The lowest BCUT2D eigenvalue weighted by Crippen LogP contribution is -2.33. The molecule has 1 fully saturated rings. The van der Waals surface area contributed by atoms with Crippen molar-refractivity contribution in [2.45, 2.75) is 44.2 Å². The molecule has 0 saturated heterocycles. The van der Waals surface area contributed by atoms with Gasteiger partial charge in [0.1, 0.15) is 0 Å². The molecule has 3 rings (SSSR count). The highest BCUT2D eigenvalue weighted by atomic mass is 32.2. The van der Waals surface area contributed by atoms with Crippen LogP contribution in [0.2, 0.25) is 0 Å². The second-order valence-electron chi connectivity index (χ2n) is 6.43. The van der Waals surface area contributed by atoms with Crippen molar-refractivity contribution >= 4 is 21.6 Å². The van der Waals surface area contributed by atoms with Gasteiger partial charge in [0.15, 0.2) is 0 Å². The van der Waals surface area contributed by atoms with Gasteiger partial charge in [-0.15, -0.1) is 0 Å². The maximum Gasteiger partial charge on any atom is 0.243 e. The Labute approximate surface area is 148 Å². The Morgan fingerprint density at radius 2 is 1.84 bits per heavy atom. The summed E-state index contributed by atoms with van der Waals surface area (Å²) in [4.78, 5) is 11.5. The first-order valence-electron chi connectivity index (χ1n) is 8.32. The van der Waals surface area contributed by atoms with Gasteiger partial charge in [-0.05, 0) is 43.0 Å². The molecule has 0 heterocycles. The molecule has 2 aromatic rings. The fourth-order valence-corrected chi connectivity index (χ4v) is 4.75. The lowest BCUT2D eigenvalue weighted by atomic mass is 10.2. The number of sulfonamides is 1. The maximum absolute atomic E-state index is 13.3. The third-order valence-corrected chi connectivity index (χ3v) is 6.27. The van der Waals surface area contributed by atoms with Gasteiger partial charge in [-0.1, -0.05) is 36.4 Å². The number of amides is 1. The summed E-state index contributed by atoms with van der Waals surface area (Å²) in [5, 5.41) is 2.66. The maximum atomic E-state index is 13.3. The van der Waals surface area contributed by atoms with E-state index >= 15 is 0 Å². The van der Waals surface area contributed by atoms with E-state index < -0.39 is 10.0 Å². The molecule has 1 saturated carbocycles. The third-order valence-electron chi connectivity index (χ3n) is 4.23. The molecule has 6 heteroatoms. The van der Waals surface area contributed by atoms with Crippen LogP contribution in [-0.2, 0) is 21.4 Å². The van der Waals surface area contributed by atoms with Gasteiger partial charge in [-0.25, -0.2) is 8.42 Å². The molecule has 0 bridgehead atoms. The minimum atomic E-state index is -3.64. The molecule has 25 heavy (non-hydrogen) atoms. The van der Waals surface area contributed by atoms with Gasteiger partial charge in [0.2, 0.25) is 15.9 Å². The Hall–Kier alpha value is -2.18. The summed E-state index contributed by atoms with van der Waals surface area (Å²) in [6.07, 6.45) is 1.77. The first-order chi connectivity index (χ1) is 11.9. The number of nitrogens with one attached hydrogen (secondary N) is 1. The Morgan fingerprint density at radius 3 is 2.44 bits per heavy atom. The first-order valence-corrected chi connectivity index (χ1v) is 9.76. The molecular formula is C19H22N2O3S. The van der Waals surface area contributed by atoms with E-state index in [9.17, 15) is 13.2 Å². The zero-order chi connectivity index (χ0) is 18.0. The number of hydrogen-bond donors (Lipinski definition) is 1. The summed E-state index contributed by atoms with van der Waals surface area (Å²) in [6.45, 7) is 3.54. The van der Waals surface area contributed by atoms with Crippen LogP contribution in [0.15, 0.2) is 53.4 Å². The predicted molar refractivity (Wildman–Crippen MR) is 97.7 cm³/mol. The monoisotopic (exact) mass is 358 g/mol. The van der Waals surface area contributed by atoms with Crippen molar-refractivity contribution in [3.05, 3.63) is 59.7 Å². The van der Waals surface area contributed by atoms with E-state index in [4.69, 9.17) is 0 Å². The lowest BCUT2D eigenvalue weighted by Gasteiger charge is -2.23. The van der Waals surface area contributed by atoms with E-state index in [1.165, 1.54) is 6.92 Å². The molecule has 2 aromatic carbocycles. The van der Waals surface area contributed by atoms with Gasteiger partial charge in [0, 0.05) is 25.2 Å². The van der Waals surface area contributed by atoms with Gasteiger partial charge in [-0.3, -0.25) is 4.79 Å². The molecule has 0 aliphatic heterocycles. The Balaban J connectivity index is 1.96. The molecule has 1 aliphatic rings. The fraction of sp³-hybridized carbons (Fsp3) is 0.316. The number of carbonyl (C=O) groups is 1. The number of nitrogens with zero attached hydrogens (tertiary/aromatic N) is 1. The highest BCUT2D eigenvalue weighted by molar-refractivity contribution is 7.89. The zero-order valence-corrected chi connectivity index (χ0v) is 15.2. The van der Waals surface area contributed by atoms with Crippen molar-refractivity contribution in [2.75, 3.05) is 5.32 Å². The van der Waals surface area contributed by atoms with Crippen molar-refractivity contribution in [3.63, 3.8) is 0 Å². The van der Waals surface area contributed by atoms with E-state index in [0.717, 1.165) is 18.4 Å². The molecule has 0 unspecified atom stereocenters. The Morgan fingerprint density at radius 1 is 1.16 bits per heavy atom. The van der Waals surface area contributed by atoms with Gasteiger partial charge in [0.05, 0.1) is 4.90 Å². The topological polar surface area (TPSA) is 66.5 Å². The van der Waals surface area contributed by atoms with Gasteiger partial charge >= 0.3 is 0 Å². The van der Waals surface area contributed by atoms with Gasteiger partial charge < -0.3 is 5.32 Å². The van der Waals surface area contributed by atoms with E-state index in [0.29, 0.717) is 17.8 Å². The van der Waals surface area contributed by atoms with Crippen LogP contribution in [-0.4, -0.2) is 24.7 Å². The van der Waals surface area contributed by atoms with Crippen LogP contribution in [0.3, 0.4) is 0 Å². The minimum absolute atomic E-state index is 0.0500. The summed E-state index contributed by atoms with van der Waals surface area (Å²) in [5.41, 5.74) is 2.13. The summed E-state index contributed by atoms with van der Waals surface area (Å²) in [7, 11) is -3.64. The summed E-state index contributed by atoms with van der Waals surface area (Å²) in [5.74, 6) is -0.226. The van der Waals surface area contributed by atoms with Crippen LogP contribution in [0.4, 0.5) is 5.69 Å². The molecule has 5 nitrogen and oxygen atoms in total. The van der Waals surface area contributed by atoms with E-state index in [1.54, 1.807) is 29.4 Å². The summed E-state index contributed by atoms with van der Waals surface area (Å²) >= 11 is 0. The quantitative estimate of drug-likeness (QED) is 0.861. The molecule has 0 radical (unpaired) electrons. The Kier molecular flexibility index (Phi) is 4.92. The fourth-order valence-electron chi connectivity index (χ4n) is 2.82. The number of rotatable bonds is 6. The molecule has 0 atom stereocenters. The molecular weight excluding hydrogens is 336 g/mol. The molecule has 132 valence electrons. The molecule has 1 aliphatic carbocycles. The van der Waals surface area contributed by atoms with Crippen LogP contribution in [0.25, 0.3) is 0 Å². The average molecular weight is 358 g/mol. The Bertz CT molecular complexity index is 875. The van der Waals surface area contributed by atoms with Crippen molar-refractivity contribution in [2.24, 2.45) is 0 Å². The predicted octanol–water partition coefficient (Wildman–Crippen LogP) is 3.31. The normalized spacial score (nSPS) is 14.5. The second kappa shape index (κ2) is 6.98. The van der Waals surface area contributed by atoms with E-state index in [2.05, 4.69) is 5.32 Å². The highest BCUT2D eigenvalue weighted by Gasteiger charge is 2.38. The molecule has 1 amide bonds. The minimum Gasteiger partial charge on any atom is -0.326 e. The standard InChI is InChI=1S/C19H22N2O3S/c1-14-8-9-17(20-15(2)22)12-19(14)25(23,24)21(18-10-11-18)13-16-6-4-3-5-7-16/h3-9,12,18H,10-11,13H2,1-2H3,(H,20,22). The number of hydrogen-bond acceptors (Lipinski definition) is 3.